The Balaban J connectivity index is 2.63. The van der Waals surface area contributed by atoms with E-state index in [9.17, 15) is 30.3 Å². The van der Waals surface area contributed by atoms with Crippen molar-refractivity contribution in [2.24, 2.45) is 0 Å². The van der Waals surface area contributed by atoms with Gasteiger partial charge in [-0.15, -0.1) is 0 Å². The fraction of sp³-hybridized carbons (Fsp3) is 0.731. The van der Waals surface area contributed by atoms with Gasteiger partial charge in [-0.2, -0.15) is 0 Å². The van der Waals surface area contributed by atoms with Gasteiger partial charge in [-0.1, -0.05) is 56.7 Å². The van der Waals surface area contributed by atoms with Crippen LogP contribution in [0.3, 0.4) is 0 Å². The van der Waals surface area contributed by atoms with Crippen molar-refractivity contribution < 1.29 is 39.8 Å². The van der Waals surface area contributed by atoms with Gasteiger partial charge < -0.3 is 40.3 Å². The van der Waals surface area contributed by atoms with Gasteiger partial charge in [0.25, 0.3) is 0 Å². The molecule has 1 heterocycles. The van der Waals surface area contributed by atoms with Gasteiger partial charge in [-0.05, 0) is 38.5 Å². The number of aliphatic hydroxyl groups is 5. The highest BCUT2D eigenvalue weighted by Gasteiger charge is 2.44. The Morgan fingerprint density at radius 2 is 1.60 bits per heavy atom. The van der Waals surface area contributed by atoms with Crippen LogP contribution in [0.25, 0.3) is 0 Å². The molecule has 9 nitrogen and oxygen atoms in total. The lowest BCUT2D eigenvalue weighted by Gasteiger charge is -2.40. The monoisotopic (exact) mass is 499 g/mol. The molecule has 7 unspecified atom stereocenters. The molecule has 0 aromatic heterocycles. The quantitative estimate of drug-likeness (QED) is 0.130. The number of hydrogen-bond acceptors (Lipinski definition) is 8. The number of carbonyl (C=O) groups is 1. The molecule has 1 aliphatic rings. The molecule has 35 heavy (non-hydrogen) atoms. The van der Waals surface area contributed by atoms with Crippen LogP contribution in [-0.4, -0.2) is 87.5 Å². The van der Waals surface area contributed by atoms with E-state index in [4.69, 9.17) is 9.47 Å². The van der Waals surface area contributed by atoms with Crippen LogP contribution in [0.2, 0.25) is 0 Å². The molecule has 1 rings (SSSR count). The van der Waals surface area contributed by atoms with Crippen LogP contribution in [-0.2, 0) is 14.3 Å². The third-order valence-electron chi connectivity index (χ3n) is 5.71. The first-order valence-electron chi connectivity index (χ1n) is 12.7. The summed E-state index contributed by atoms with van der Waals surface area (Å²) in [6.07, 6.45) is 10.4. The van der Waals surface area contributed by atoms with E-state index < -0.39 is 49.5 Å². The van der Waals surface area contributed by atoms with Gasteiger partial charge in [0.1, 0.15) is 24.4 Å². The van der Waals surface area contributed by atoms with Crippen molar-refractivity contribution >= 4 is 5.91 Å². The van der Waals surface area contributed by atoms with Crippen molar-refractivity contribution in [1.82, 2.24) is 5.32 Å². The molecule has 0 radical (unpaired) electrons. The molecule has 0 spiro atoms. The molecular formula is C26H45NO8. The first-order valence-corrected chi connectivity index (χ1v) is 12.7. The molecule has 1 amide bonds. The second-order valence-electron chi connectivity index (χ2n) is 8.73. The zero-order valence-corrected chi connectivity index (χ0v) is 21.0. The predicted octanol–water partition coefficient (Wildman–Crippen LogP) is 1.48. The maximum absolute atomic E-state index is 12.3. The number of hydrogen-bond donors (Lipinski definition) is 6. The smallest absolute Gasteiger partial charge is 0.220 e. The lowest BCUT2D eigenvalue weighted by molar-refractivity contribution is -0.302. The molecule has 0 bridgehead atoms. The van der Waals surface area contributed by atoms with Gasteiger partial charge in [-0.25, -0.2) is 0 Å². The summed E-state index contributed by atoms with van der Waals surface area (Å²) in [5.41, 5.74) is 0. The molecule has 6 N–H and O–H groups in total. The Labute approximate surface area is 209 Å². The molecule has 9 heteroatoms. The molecular weight excluding hydrogens is 454 g/mol. The van der Waals surface area contributed by atoms with E-state index in [0.717, 1.165) is 38.5 Å². The highest BCUT2D eigenvalue weighted by Crippen LogP contribution is 2.22. The van der Waals surface area contributed by atoms with E-state index in [0.29, 0.717) is 12.8 Å². The molecule has 1 fully saturated rings. The Kier molecular flexibility index (Phi) is 16.8. The number of rotatable bonds is 17. The van der Waals surface area contributed by atoms with Gasteiger partial charge >= 0.3 is 0 Å². The first-order chi connectivity index (χ1) is 16.8. The van der Waals surface area contributed by atoms with Gasteiger partial charge in [0, 0.05) is 6.42 Å². The standard InChI is InChI=1S/C26H45NO8/c1-3-5-7-8-9-10-11-12-13-14-15-20(29)19(27-22(30)16-6-4-2)18-34-26-25(33)24(32)23(31)21(17-28)35-26/h5,7,10-11,14-15,19-21,23-26,28-29,31-33H,3-4,6,8-9,12-13,16-18H2,1-2H3,(H,27,30)/b7-5+,11-10+,15-14+. The third kappa shape index (κ3) is 12.3. The summed E-state index contributed by atoms with van der Waals surface area (Å²) in [6, 6.07) is -0.816. The van der Waals surface area contributed by atoms with Crippen molar-refractivity contribution in [3.05, 3.63) is 36.5 Å². The minimum atomic E-state index is -1.57. The summed E-state index contributed by atoms with van der Waals surface area (Å²) in [4.78, 5) is 12.3. The number of allylic oxidation sites excluding steroid dienone is 5. The van der Waals surface area contributed by atoms with E-state index in [1.807, 2.05) is 13.0 Å². The Bertz CT molecular complexity index is 651. The lowest BCUT2D eigenvalue weighted by atomic mass is 9.99. The molecule has 0 aromatic carbocycles. The topological polar surface area (TPSA) is 149 Å². The summed E-state index contributed by atoms with van der Waals surface area (Å²) in [5.74, 6) is -0.234. The molecule has 202 valence electrons. The minimum absolute atomic E-state index is 0.211. The summed E-state index contributed by atoms with van der Waals surface area (Å²) in [7, 11) is 0. The van der Waals surface area contributed by atoms with Crippen LogP contribution >= 0.6 is 0 Å². The van der Waals surface area contributed by atoms with Crippen LogP contribution < -0.4 is 5.32 Å². The fourth-order valence-corrected chi connectivity index (χ4v) is 3.52. The highest BCUT2D eigenvalue weighted by molar-refractivity contribution is 5.76. The lowest BCUT2D eigenvalue weighted by Crippen LogP contribution is -2.60. The molecule has 1 saturated heterocycles. The SMILES string of the molecule is CC/C=C/CC/C=C/CC/C=C/C(O)C(COC1OC(CO)C(O)C(O)C1O)NC(=O)CCCC. The summed E-state index contributed by atoms with van der Waals surface area (Å²) in [6.45, 7) is 3.30. The van der Waals surface area contributed by atoms with Crippen LogP contribution in [0.4, 0.5) is 0 Å². The number of carbonyl (C=O) groups excluding carboxylic acids is 1. The second-order valence-corrected chi connectivity index (χ2v) is 8.73. The number of nitrogens with one attached hydrogen (secondary N) is 1. The van der Waals surface area contributed by atoms with Crippen molar-refractivity contribution in [1.29, 1.82) is 0 Å². The highest BCUT2D eigenvalue weighted by atomic mass is 16.7. The van der Waals surface area contributed by atoms with E-state index in [1.54, 1.807) is 6.08 Å². The normalized spacial score (nSPS) is 27.1. The zero-order chi connectivity index (χ0) is 26.1. The maximum Gasteiger partial charge on any atom is 0.220 e. The zero-order valence-electron chi connectivity index (χ0n) is 21.0. The van der Waals surface area contributed by atoms with Gasteiger partial charge in [0.15, 0.2) is 6.29 Å². The Morgan fingerprint density at radius 3 is 2.20 bits per heavy atom. The van der Waals surface area contributed by atoms with Crippen molar-refractivity contribution in [2.75, 3.05) is 13.2 Å². The molecule has 0 saturated carbocycles. The number of unbranched alkanes of at least 4 members (excludes halogenated alkanes) is 3. The summed E-state index contributed by atoms with van der Waals surface area (Å²) in [5, 5.41) is 52.7. The minimum Gasteiger partial charge on any atom is -0.394 e. The van der Waals surface area contributed by atoms with Crippen LogP contribution in [0.5, 0.6) is 0 Å². The number of amides is 1. The van der Waals surface area contributed by atoms with Crippen molar-refractivity contribution in [2.45, 2.75) is 108 Å². The predicted molar refractivity (Wildman–Crippen MR) is 133 cm³/mol. The van der Waals surface area contributed by atoms with Crippen LogP contribution in [0.1, 0.15) is 65.2 Å². The van der Waals surface area contributed by atoms with E-state index in [-0.39, 0.29) is 12.5 Å². The number of aliphatic hydroxyl groups excluding tert-OH is 5. The average Bonchev–Trinajstić information content (AvgIpc) is 2.85. The number of ether oxygens (including phenoxy) is 2. The van der Waals surface area contributed by atoms with Crippen molar-refractivity contribution in [3.63, 3.8) is 0 Å². The molecule has 1 aliphatic heterocycles. The maximum atomic E-state index is 12.3. The first kappa shape index (κ1) is 31.4. The Hall–Kier alpha value is -1.59. The molecule has 0 aromatic rings. The van der Waals surface area contributed by atoms with E-state index >= 15 is 0 Å². The van der Waals surface area contributed by atoms with Gasteiger partial charge in [-0.3, -0.25) is 4.79 Å². The summed E-state index contributed by atoms with van der Waals surface area (Å²) >= 11 is 0. The Morgan fingerprint density at radius 1 is 0.971 bits per heavy atom. The largest absolute Gasteiger partial charge is 0.394 e. The van der Waals surface area contributed by atoms with E-state index in [1.165, 1.54) is 0 Å². The van der Waals surface area contributed by atoms with E-state index in [2.05, 4.69) is 36.5 Å². The molecule has 0 aliphatic carbocycles. The van der Waals surface area contributed by atoms with Crippen LogP contribution in [0, 0.1) is 0 Å². The van der Waals surface area contributed by atoms with Crippen molar-refractivity contribution in [3.8, 4) is 0 Å². The average molecular weight is 500 g/mol. The summed E-state index contributed by atoms with van der Waals surface area (Å²) < 4.78 is 10.9. The second kappa shape index (κ2) is 18.6. The third-order valence-corrected chi connectivity index (χ3v) is 5.71. The molecule has 7 atom stereocenters. The van der Waals surface area contributed by atoms with Gasteiger partial charge in [0.2, 0.25) is 5.91 Å². The fourth-order valence-electron chi connectivity index (χ4n) is 3.52. The van der Waals surface area contributed by atoms with Gasteiger partial charge in [0.05, 0.1) is 25.4 Å². The van der Waals surface area contributed by atoms with Crippen LogP contribution in [0.15, 0.2) is 36.5 Å².